The van der Waals surface area contributed by atoms with Gasteiger partial charge in [0, 0.05) is 22.2 Å². The van der Waals surface area contributed by atoms with Crippen molar-refractivity contribution in [3.8, 4) is 0 Å². The highest BCUT2D eigenvalue weighted by atomic mass is 79.9. The predicted octanol–water partition coefficient (Wildman–Crippen LogP) is 2.90. The second-order valence-corrected chi connectivity index (χ2v) is 5.86. The minimum atomic E-state index is 0.155. The van der Waals surface area contributed by atoms with Crippen LogP contribution in [0, 0.1) is 0 Å². The van der Waals surface area contributed by atoms with E-state index < -0.39 is 0 Å². The maximum absolute atomic E-state index is 11.9. The standard InChI is InChI=1S/C12H13BrN4OS/c13-9-5-3-8(4-6-9)10(18)2-1-7-19-12-15-11(14)16-17-12/h3-6H,1-2,7H2,(H3,14,15,16,17). The summed E-state index contributed by atoms with van der Waals surface area (Å²) in [5, 5.41) is 7.10. The minimum Gasteiger partial charge on any atom is -0.368 e. The van der Waals surface area contributed by atoms with Crippen LogP contribution in [0.5, 0.6) is 0 Å². The van der Waals surface area contributed by atoms with Crippen LogP contribution in [0.4, 0.5) is 5.95 Å². The number of hydrogen-bond acceptors (Lipinski definition) is 5. The van der Waals surface area contributed by atoms with E-state index in [0.717, 1.165) is 22.2 Å². The Kier molecular flexibility index (Phi) is 4.98. The summed E-state index contributed by atoms with van der Waals surface area (Å²) in [4.78, 5) is 15.9. The van der Waals surface area contributed by atoms with Crippen molar-refractivity contribution in [3.63, 3.8) is 0 Å². The summed E-state index contributed by atoms with van der Waals surface area (Å²) >= 11 is 4.83. The molecule has 1 heterocycles. The lowest BCUT2D eigenvalue weighted by atomic mass is 10.1. The maximum Gasteiger partial charge on any atom is 0.216 e. The molecule has 0 aliphatic carbocycles. The molecule has 19 heavy (non-hydrogen) atoms. The van der Waals surface area contributed by atoms with Crippen LogP contribution in [0.3, 0.4) is 0 Å². The summed E-state index contributed by atoms with van der Waals surface area (Å²) in [6.07, 6.45) is 1.31. The summed E-state index contributed by atoms with van der Waals surface area (Å²) in [5.41, 5.74) is 6.16. The number of nitrogens with two attached hydrogens (primary N) is 1. The number of carbonyl (C=O) groups excluding carboxylic acids is 1. The first-order valence-corrected chi connectivity index (χ1v) is 7.52. The van der Waals surface area contributed by atoms with Gasteiger partial charge in [0.15, 0.2) is 5.78 Å². The quantitative estimate of drug-likeness (QED) is 0.479. The first-order chi connectivity index (χ1) is 9.15. The lowest BCUT2D eigenvalue weighted by Crippen LogP contribution is -1.99. The minimum absolute atomic E-state index is 0.155. The number of Topliss-reactive ketones (excluding diaryl/α,β-unsaturated/α-hetero) is 1. The summed E-state index contributed by atoms with van der Waals surface area (Å²) in [7, 11) is 0. The first-order valence-electron chi connectivity index (χ1n) is 5.74. The second kappa shape index (κ2) is 6.72. The molecule has 0 unspecified atom stereocenters. The predicted molar refractivity (Wildman–Crippen MR) is 79.2 cm³/mol. The smallest absolute Gasteiger partial charge is 0.216 e. The topological polar surface area (TPSA) is 84.7 Å². The Hall–Kier alpha value is -1.34. The zero-order valence-electron chi connectivity index (χ0n) is 10.1. The molecule has 1 aromatic carbocycles. The number of rotatable bonds is 6. The van der Waals surface area contributed by atoms with Gasteiger partial charge in [-0.15, -0.1) is 5.10 Å². The highest BCUT2D eigenvalue weighted by molar-refractivity contribution is 9.10. The highest BCUT2D eigenvalue weighted by Gasteiger charge is 2.06. The average molecular weight is 341 g/mol. The number of ketones is 1. The van der Waals surface area contributed by atoms with Gasteiger partial charge in [0.25, 0.3) is 0 Å². The first kappa shape index (κ1) is 14.1. The molecule has 7 heteroatoms. The fourth-order valence-corrected chi connectivity index (χ4v) is 2.51. The van der Waals surface area contributed by atoms with Crippen LogP contribution in [0.15, 0.2) is 33.9 Å². The Morgan fingerprint density at radius 3 is 2.74 bits per heavy atom. The van der Waals surface area contributed by atoms with Gasteiger partial charge < -0.3 is 5.73 Å². The van der Waals surface area contributed by atoms with Crippen LogP contribution in [0.2, 0.25) is 0 Å². The summed E-state index contributed by atoms with van der Waals surface area (Å²) < 4.78 is 0.974. The SMILES string of the molecule is Nc1nc(SCCCC(=O)c2ccc(Br)cc2)n[nH]1. The number of aromatic nitrogens is 3. The van der Waals surface area contributed by atoms with Crippen molar-refractivity contribution in [2.75, 3.05) is 11.5 Å². The van der Waals surface area contributed by atoms with Crippen LogP contribution in [-0.4, -0.2) is 26.7 Å². The lowest BCUT2D eigenvalue weighted by molar-refractivity contribution is 0.0982. The number of H-pyrrole nitrogens is 1. The summed E-state index contributed by atoms with van der Waals surface area (Å²) in [6.45, 7) is 0. The fraction of sp³-hybridized carbons (Fsp3) is 0.250. The van der Waals surface area contributed by atoms with E-state index in [4.69, 9.17) is 5.73 Å². The molecule has 0 radical (unpaired) electrons. The molecule has 0 atom stereocenters. The molecule has 0 fully saturated rings. The number of nitrogens with one attached hydrogen (secondary N) is 1. The third kappa shape index (κ3) is 4.36. The molecule has 0 spiro atoms. The van der Waals surface area contributed by atoms with Crippen LogP contribution >= 0.6 is 27.7 Å². The maximum atomic E-state index is 11.9. The largest absolute Gasteiger partial charge is 0.368 e. The number of hydrogen-bond donors (Lipinski definition) is 2. The van der Waals surface area contributed by atoms with Crippen LogP contribution in [0.1, 0.15) is 23.2 Å². The van der Waals surface area contributed by atoms with Crippen LogP contribution in [-0.2, 0) is 0 Å². The van der Waals surface area contributed by atoms with Gasteiger partial charge >= 0.3 is 0 Å². The third-order valence-corrected chi connectivity index (χ3v) is 3.89. The molecule has 0 saturated heterocycles. The number of nitrogens with zero attached hydrogens (tertiary/aromatic N) is 2. The Balaban J connectivity index is 1.73. The van der Waals surface area contributed by atoms with Crippen molar-refractivity contribution in [2.24, 2.45) is 0 Å². The molecule has 0 saturated carbocycles. The average Bonchev–Trinajstić information content (AvgIpc) is 2.81. The highest BCUT2D eigenvalue weighted by Crippen LogP contribution is 2.17. The van der Waals surface area contributed by atoms with Gasteiger partial charge in [0.1, 0.15) is 0 Å². The molecule has 2 aromatic rings. The van der Waals surface area contributed by atoms with Crippen LogP contribution in [0.25, 0.3) is 0 Å². The van der Waals surface area contributed by atoms with E-state index in [1.54, 1.807) is 0 Å². The Morgan fingerprint density at radius 1 is 1.37 bits per heavy atom. The number of thioether (sulfide) groups is 1. The molecule has 0 amide bonds. The third-order valence-electron chi connectivity index (χ3n) is 2.43. The van der Waals surface area contributed by atoms with E-state index in [2.05, 4.69) is 31.1 Å². The normalized spacial score (nSPS) is 10.6. The van der Waals surface area contributed by atoms with Crippen molar-refractivity contribution in [1.29, 1.82) is 0 Å². The number of benzene rings is 1. The Labute approximate surface area is 123 Å². The number of halogens is 1. The van der Waals surface area contributed by atoms with E-state index in [1.807, 2.05) is 24.3 Å². The van der Waals surface area contributed by atoms with Gasteiger partial charge in [0.05, 0.1) is 0 Å². The van der Waals surface area contributed by atoms with Crippen molar-refractivity contribution < 1.29 is 4.79 Å². The molecular weight excluding hydrogens is 328 g/mol. The molecule has 0 aliphatic rings. The van der Waals surface area contributed by atoms with E-state index in [0.29, 0.717) is 17.5 Å². The summed E-state index contributed by atoms with van der Waals surface area (Å²) in [6, 6.07) is 7.40. The van der Waals surface area contributed by atoms with Gasteiger partial charge in [-0.3, -0.25) is 4.79 Å². The monoisotopic (exact) mass is 340 g/mol. The molecule has 3 N–H and O–H groups in total. The molecular formula is C12H13BrN4OS. The molecule has 1 aromatic heterocycles. The van der Waals surface area contributed by atoms with E-state index >= 15 is 0 Å². The molecule has 0 aliphatic heterocycles. The molecule has 5 nitrogen and oxygen atoms in total. The zero-order chi connectivity index (χ0) is 13.7. The molecule has 0 bridgehead atoms. The van der Waals surface area contributed by atoms with Gasteiger partial charge in [0.2, 0.25) is 11.1 Å². The fourth-order valence-electron chi connectivity index (χ4n) is 1.50. The summed E-state index contributed by atoms with van der Waals surface area (Å²) in [5.74, 6) is 1.26. The van der Waals surface area contributed by atoms with E-state index in [1.165, 1.54) is 11.8 Å². The number of nitrogen functional groups attached to an aromatic ring is 1. The molecule has 2 rings (SSSR count). The lowest BCUT2D eigenvalue weighted by Gasteiger charge is -2.00. The van der Waals surface area contributed by atoms with Gasteiger partial charge in [-0.2, -0.15) is 4.98 Å². The van der Waals surface area contributed by atoms with E-state index in [9.17, 15) is 4.79 Å². The van der Waals surface area contributed by atoms with Crippen molar-refractivity contribution in [3.05, 3.63) is 34.3 Å². The Morgan fingerprint density at radius 2 is 2.11 bits per heavy atom. The zero-order valence-corrected chi connectivity index (χ0v) is 12.5. The Bertz CT molecular complexity index is 555. The second-order valence-electron chi connectivity index (χ2n) is 3.89. The number of anilines is 1. The van der Waals surface area contributed by atoms with Crippen LogP contribution < -0.4 is 5.73 Å². The number of aromatic amines is 1. The van der Waals surface area contributed by atoms with Gasteiger partial charge in [-0.1, -0.05) is 39.8 Å². The van der Waals surface area contributed by atoms with Crippen molar-refractivity contribution >= 4 is 39.4 Å². The van der Waals surface area contributed by atoms with E-state index in [-0.39, 0.29) is 5.78 Å². The van der Waals surface area contributed by atoms with Gasteiger partial charge in [-0.25, -0.2) is 5.10 Å². The van der Waals surface area contributed by atoms with Crippen molar-refractivity contribution in [1.82, 2.24) is 15.2 Å². The van der Waals surface area contributed by atoms with Gasteiger partial charge in [-0.05, 0) is 18.6 Å². The molecule has 100 valence electrons. The van der Waals surface area contributed by atoms with Crippen molar-refractivity contribution in [2.45, 2.75) is 18.0 Å². The number of carbonyl (C=O) groups is 1.